The van der Waals surface area contributed by atoms with E-state index in [4.69, 9.17) is 4.74 Å². The molecule has 0 saturated carbocycles. The van der Waals surface area contributed by atoms with E-state index in [-0.39, 0.29) is 5.91 Å². The number of nitrogens with one attached hydrogen (secondary N) is 2. The van der Waals surface area contributed by atoms with Crippen LogP contribution in [0, 0.1) is 13.8 Å². The van der Waals surface area contributed by atoms with Crippen molar-refractivity contribution in [3.63, 3.8) is 0 Å². The Labute approximate surface area is 160 Å². The van der Waals surface area contributed by atoms with Gasteiger partial charge in [0, 0.05) is 34.4 Å². The summed E-state index contributed by atoms with van der Waals surface area (Å²) in [5, 5.41) is 4.03. The lowest BCUT2D eigenvalue weighted by molar-refractivity contribution is 0.102. The second-order valence-corrected chi connectivity index (χ2v) is 7.12. The van der Waals surface area contributed by atoms with Crippen LogP contribution in [0.25, 0.3) is 10.9 Å². The van der Waals surface area contributed by atoms with E-state index < -0.39 is 0 Å². The number of aryl methyl sites for hydroxylation is 2. The van der Waals surface area contributed by atoms with E-state index in [0.29, 0.717) is 12.2 Å². The van der Waals surface area contributed by atoms with Crippen LogP contribution in [0.3, 0.4) is 0 Å². The van der Waals surface area contributed by atoms with Gasteiger partial charge in [-0.25, -0.2) is 0 Å². The molecule has 0 aliphatic rings. The van der Waals surface area contributed by atoms with Crippen molar-refractivity contribution >= 4 is 22.5 Å². The number of rotatable bonds is 7. The Morgan fingerprint density at radius 2 is 1.85 bits per heavy atom. The molecule has 142 valence electrons. The molecule has 0 atom stereocenters. The monoisotopic (exact) mass is 365 g/mol. The number of aromatic nitrogens is 1. The van der Waals surface area contributed by atoms with E-state index in [2.05, 4.69) is 22.1 Å². The molecular weight excluding hydrogens is 338 g/mol. The lowest BCUT2D eigenvalue weighted by Crippen LogP contribution is -2.15. The van der Waals surface area contributed by atoms with Gasteiger partial charge in [0.15, 0.2) is 0 Å². The summed E-state index contributed by atoms with van der Waals surface area (Å²) >= 11 is 0. The number of hydrogen-bond acceptors (Lipinski definition) is 3. The number of carbonyl (C=O) groups is 1. The molecule has 0 unspecified atom stereocenters. The Morgan fingerprint density at radius 1 is 1.11 bits per heavy atom. The molecule has 0 fully saturated rings. The Kier molecular flexibility index (Phi) is 5.81. The van der Waals surface area contributed by atoms with Gasteiger partial charge in [0.25, 0.3) is 5.91 Å². The third-order valence-corrected chi connectivity index (χ3v) is 4.70. The summed E-state index contributed by atoms with van der Waals surface area (Å²) in [6.07, 6.45) is 0.978. The first-order chi connectivity index (χ1) is 12.9. The second kappa shape index (κ2) is 8.27. The number of aromatic amines is 1. The van der Waals surface area contributed by atoms with Gasteiger partial charge in [-0.05, 0) is 82.4 Å². The number of carbonyl (C=O) groups excluding carboxylic acids is 1. The van der Waals surface area contributed by atoms with Gasteiger partial charge in [-0.1, -0.05) is 0 Å². The lowest BCUT2D eigenvalue weighted by atomic mass is 10.1. The third-order valence-electron chi connectivity index (χ3n) is 4.70. The number of anilines is 1. The largest absolute Gasteiger partial charge is 0.494 e. The Balaban J connectivity index is 1.61. The maximum absolute atomic E-state index is 12.6. The zero-order valence-electron chi connectivity index (χ0n) is 16.4. The predicted octanol–water partition coefficient (Wildman–Crippen LogP) is 4.37. The molecule has 3 rings (SSSR count). The fourth-order valence-electron chi connectivity index (χ4n) is 3.01. The predicted molar refractivity (Wildman–Crippen MR) is 111 cm³/mol. The molecule has 0 aliphatic heterocycles. The smallest absolute Gasteiger partial charge is 0.255 e. The number of amides is 1. The van der Waals surface area contributed by atoms with Crippen molar-refractivity contribution in [1.29, 1.82) is 0 Å². The van der Waals surface area contributed by atoms with E-state index in [0.717, 1.165) is 41.0 Å². The fourth-order valence-corrected chi connectivity index (χ4v) is 3.01. The van der Waals surface area contributed by atoms with Crippen LogP contribution in [-0.4, -0.2) is 43.0 Å². The highest BCUT2D eigenvalue weighted by atomic mass is 16.5. The lowest BCUT2D eigenvalue weighted by Gasteiger charge is -2.11. The summed E-state index contributed by atoms with van der Waals surface area (Å²) in [7, 11) is 4.10. The molecule has 0 aliphatic carbocycles. The molecule has 2 aromatic carbocycles. The minimum Gasteiger partial charge on any atom is -0.494 e. The molecule has 0 spiro atoms. The molecule has 0 saturated heterocycles. The van der Waals surface area contributed by atoms with Crippen molar-refractivity contribution in [2.24, 2.45) is 0 Å². The van der Waals surface area contributed by atoms with Crippen molar-refractivity contribution in [2.75, 3.05) is 32.6 Å². The third kappa shape index (κ3) is 4.68. The van der Waals surface area contributed by atoms with Crippen LogP contribution >= 0.6 is 0 Å². The van der Waals surface area contributed by atoms with E-state index >= 15 is 0 Å². The molecule has 27 heavy (non-hydrogen) atoms. The van der Waals surface area contributed by atoms with Crippen molar-refractivity contribution in [3.8, 4) is 5.75 Å². The number of hydrogen-bond donors (Lipinski definition) is 2. The molecule has 0 bridgehead atoms. The van der Waals surface area contributed by atoms with Crippen LogP contribution in [0.5, 0.6) is 5.75 Å². The van der Waals surface area contributed by atoms with Gasteiger partial charge >= 0.3 is 0 Å². The maximum atomic E-state index is 12.6. The number of nitrogens with zero attached hydrogens (tertiary/aromatic N) is 1. The van der Waals surface area contributed by atoms with E-state index in [1.165, 1.54) is 5.56 Å². The maximum Gasteiger partial charge on any atom is 0.255 e. The standard InChI is InChI=1S/C22H27N3O2/c1-15-16(2)23-21-11-6-17(14-20(15)21)22(26)24-18-7-9-19(10-8-18)27-13-5-12-25(3)4/h6-11,14,23H,5,12-13H2,1-4H3,(H,24,26). The number of H-pyrrole nitrogens is 1. The second-order valence-electron chi connectivity index (χ2n) is 7.12. The average molecular weight is 365 g/mol. The van der Waals surface area contributed by atoms with Gasteiger partial charge in [-0.2, -0.15) is 0 Å². The fraction of sp³-hybridized carbons (Fsp3) is 0.318. The molecule has 1 heterocycles. The molecule has 5 nitrogen and oxygen atoms in total. The van der Waals surface area contributed by atoms with Gasteiger partial charge in [-0.3, -0.25) is 4.79 Å². The molecule has 1 amide bonds. The van der Waals surface area contributed by atoms with Gasteiger partial charge in [0.05, 0.1) is 6.61 Å². The summed E-state index contributed by atoms with van der Waals surface area (Å²) in [4.78, 5) is 18.0. The summed E-state index contributed by atoms with van der Waals surface area (Å²) in [6, 6.07) is 13.2. The van der Waals surface area contributed by atoms with Gasteiger partial charge in [-0.15, -0.1) is 0 Å². The van der Waals surface area contributed by atoms with Crippen LogP contribution < -0.4 is 10.1 Å². The number of ether oxygens (including phenoxy) is 1. The Bertz CT molecular complexity index is 927. The summed E-state index contributed by atoms with van der Waals surface area (Å²) in [6.45, 7) is 5.78. The minimum absolute atomic E-state index is 0.116. The van der Waals surface area contributed by atoms with E-state index in [9.17, 15) is 4.79 Å². The highest BCUT2D eigenvalue weighted by Gasteiger charge is 2.10. The van der Waals surface area contributed by atoms with E-state index in [1.54, 1.807) is 0 Å². The summed E-state index contributed by atoms with van der Waals surface area (Å²) < 4.78 is 5.72. The van der Waals surface area contributed by atoms with Crippen LogP contribution in [0.1, 0.15) is 28.0 Å². The highest BCUT2D eigenvalue weighted by Crippen LogP contribution is 2.23. The SMILES string of the molecule is Cc1[nH]c2ccc(C(=O)Nc3ccc(OCCCN(C)C)cc3)cc2c1C. The quantitative estimate of drug-likeness (QED) is 0.611. The number of benzene rings is 2. The van der Waals surface area contributed by atoms with Crippen molar-refractivity contribution in [3.05, 3.63) is 59.3 Å². The summed E-state index contributed by atoms with van der Waals surface area (Å²) in [5.41, 5.74) is 4.76. The van der Waals surface area contributed by atoms with E-state index in [1.807, 2.05) is 63.5 Å². The normalized spacial score (nSPS) is 11.1. The molecule has 1 aromatic heterocycles. The zero-order valence-corrected chi connectivity index (χ0v) is 16.4. The van der Waals surface area contributed by atoms with Crippen LogP contribution in [-0.2, 0) is 0 Å². The van der Waals surface area contributed by atoms with Crippen molar-refractivity contribution < 1.29 is 9.53 Å². The molecule has 0 radical (unpaired) electrons. The highest BCUT2D eigenvalue weighted by molar-refractivity contribution is 6.06. The van der Waals surface area contributed by atoms with Gasteiger partial charge < -0.3 is 19.9 Å². The first-order valence-corrected chi connectivity index (χ1v) is 9.22. The molecule has 5 heteroatoms. The molecule has 3 aromatic rings. The van der Waals surface area contributed by atoms with Crippen molar-refractivity contribution in [1.82, 2.24) is 9.88 Å². The molecule has 2 N–H and O–H groups in total. The van der Waals surface area contributed by atoms with Gasteiger partial charge in [0.1, 0.15) is 5.75 Å². The van der Waals surface area contributed by atoms with Crippen LogP contribution in [0.2, 0.25) is 0 Å². The van der Waals surface area contributed by atoms with Crippen LogP contribution in [0.4, 0.5) is 5.69 Å². The average Bonchev–Trinajstić information content (AvgIpc) is 2.93. The topological polar surface area (TPSA) is 57.4 Å². The molecular formula is C22H27N3O2. The number of fused-ring (bicyclic) bond motifs is 1. The Morgan fingerprint density at radius 3 is 2.56 bits per heavy atom. The van der Waals surface area contributed by atoms with Crippen LogP contribution in [0.15, 0.2) is 42.5 Å². The van der Waals surface area contributed by atoms with Gasteiger partial charge in [0.2, 0.25) is 0 Å². The first kappa shape index (κ1) is 19.0. The zero-order chi connectivity index (χ0) is 19.4. The summed E-state index contributed by atoms with van der Waals surface area (Å²) in [5.74, 6) is 0.696. The first-order valence-electron chi connectivity index (χ1n) is 9.22. The van der Waals surface area contributed by atoms with Crippen molar-refractivity contribution in [2.45, 2.75) is 20.3 Å². The Hall–Kier alpha value is -2.79. The minimum atomic E-state index is -0.116.